The van der Waals surface area contributed by atoms with E-state index in [9.17, 15) is 0 Å². The summed E-state index contributed by atoms with van der Waals surface area (Å²) in [7, 11) is 0. The first-order chi connectivity index (χ1) is 8.88. The third kappa shape index (κ3) is 2.16. The minimum absolute atomic E-state index is 0.381. The van der Waals surface area contributed by atoms with Crippen LogP contribution in [0.4, 0.5) is 0 Å². The molecule has 0 radical (unpaired) electrons. The van der Waals surface area contributed by atoms with Gasteiger partial charge in [-0.25, -0.2) is 0 Å². The molecule has 2 heterocycles. The van der Waals surface area contributed by atoms with Crippen molar-refractivity contribution in [2.24, 2.45) is 5.73 Å². The number of nitrogens with two attached hydrogens (primary N) is 1. The van der Waals surface area contributed by atoms with Crippen molar-refractivity contribution in [3.8, 4) is 0 Å². The molecule has 18 heavy (non-hydrogen) atoms. The summed E-state index contributed by atoms with van der Waals surface area (Å²) in [5.74, 6) is 0. The lowest BCUT2D eigenvalue weighted by Crippen LogP contribution is -2.14. The highest BCUT2D eigenvalue weighted by molar-refractivity contribution is 5.84. The third-order valence-electron chi connectivity index (χ3n) is 3.71. The fourth-order valence-electron chi connectivity index (χ4n) is 2.84. The van der Waals surface area contributed by atoms with E-state index in [1.807, 2.05) is 0 Å². The Labute approximate surface area is 108 Å². The lowest BCUT2D eigenvalue weighted by atomic mass is 10.1. The number of hydrogen-bond donors (Lipinski definition) is 1. The van der Waals surface area contributed by atoms with Crippen LogP contribution in [-0.4, -0.2) is 23.8 Å². The van der Waals surface area contributed by atoms with Crippen molar-refractivity contribution in [1.82, 2.24) is 4.57 Å². The van der Waals surface area contributed by atoms with Crippen LogP contribution in [-0.2, 0) is 17.7 Å². The van der Waals surface area contributed by atoms with Gasteiger partial charge < -0.3 is 15.0 Å². The van der Waals surface area contributed by atoms with Gasteiger partial charge in [-0.1, -0.05) is 18.2 Å². The SMILES string of the molecule is NCCc1cn(CC2CCCO2)c2ccccc12. The average Bonchev–Trinajstić information content (AvgIpc) is 3.00. The van der Waals surface area contributed by atoms with E-state index < -0.39 is 0 Å². The quantitative estimate of drug-likeness (QED) is 0.896. The number of fused-ring (bicyclic) bond motifs is 1. The second kappa shape index (κ2) is 5.12. The van der Waals surface area contributed by atoms with Crippen LogP contribution < -0.4 is 5.73 Å². The van der Waals surface area contributed by atoms with E-state index in [1.165, 1.54) is 29.3 Å². The molecule has 2 N–H and O–H groups in total. The molecule has 0 saturated carbocycles. The number of ether oxygens (including phenoxy) is 1. The first kappa shape index (κ1) is 11.8. The molecule has 1 aliphatic heterocycles. The maximum absolute atomic E-state index is 5.73. The van der Waals surface area contributed by atoms with Gasteiger partial charge in [0.15, 0.2) is 0 Å². The zero-order valence-electron chi connectivity index (χ0n) is 10.6. The molecule has 1 atom stereocenters. The highest BCUT2D eigenvalue weighted by atomic mass is 16.5. The molecule has 1 fully saturated rings. The highest BCUT2D eigenvalue weighted by Gasteiger charge is 2.17. The van der Waals surface area contributed by atoms with E-state index in [-0.39, 0.29) is 0 Å². The van der Waals surface area contributed by atoms with Gasteiger partial charge in [-0.05, 0) is 37.4 Å². The molecule has 0 spiro atoms. The van der Waals surface area contributed by atoms with Crippen molar-refractivity contribution in [2.45, 2.75) is 31.9 Å². The van der Waals surface area contributed by atoms with E-state index in [0.717, 1.165) is 19.6 Å². The summed E-state index contributed by atoms with van der Waals surface area (Å²) in [5.41, 5.74) is 8.35. The molecule has 1 aliphatic rings. The summed E-state index contributed by atoms with van der Waals surface area (Å²) >= 11 is 0. The Morgan fingerprint density at radius 1 is 1.33 bits per heavy atom. The fourth-order valence-corrected chi connectivity index (χ4v) is 2.84. The van der Waals surface area contributed by atoms with Crippen LogP contribution in [0.25, 0.3) is 10.9 Å². The van der Waals surface area contributed by atoms with Crippen LogP contribution in [0, 0.1) is 0 Å². The third-order valence-corrected chi connectivity index (χ3v) is 3.71. The van der Waals surface area contributed by atoms with Gasteiger partial charge in [-0.15, -0.1) is 0 Å². The molecule has 3 heteroatoms. The topological polar surface area (TPSA) is 40.2 Å². The molecule has 96 valence electrons. The van der Waals surface area contributed by atoms with Gasteiger partial charge in [0.05, 0.1) is 6.10 Å². The highest BCUT2D eigenvalue weighted by Crippen LogP contribution is 2.24. The molecule has 1 saturated heterocycles. The number of hydrogen-bond acceptors (Lipinski definition) is 2. The normalized spacial score (nSPS) is 19.7. The summed E-state index contributed by atoms with van der Waals surface area (Å²) < 4.78 is 8.06. The molecule has 1 unspecified atom stereocenters. The number of rotatable bonds is 4. The molecule has 1 aromatic carbocycles. The smallest absolute Gasteiger partial charge is 0.0754 e. The lowest BCUT2D eigenvalue weighted by Gasteiger charge is -2.11. The first-order valence-corrected chi connectivity index (χ1v) is 6.77. The Bertz CT molecular complexity index is 526. The zero-order valence-corrected chi connectivity index (χ0v) is 10.6. The van der Waals surface area contributed by atoms with Gasteiger partial charge in [0.1, 0.15) is 0 Å². The number of benzene rings is 1. The standard InChI is InChI=1S/C15H20N2O/c16-8-7-12-10-17(11-13-4-3-9-18-13)15-6-2-1-5-14(12)15/h1-2,5-6,10,13H,3-4,7-9,11,16H2. The molecule has 2 aromatic rings. The molecule has 0 bridgehead atoms. The second-order valence-electron chi connectivity index (χ2n) is 5.00. The molecule has 0 amide bonds. The van der Waals surface area contributed by atoms with Gasteiger partial charge in [-0.2, -0.15) is 0 Å². The monoisotopic (exact) mass is 244 g/mol. The van der Waals surface area contributed by atoms with Gasteiger partial charge in [-0.3, -0.25) is 0 Å². The molecule has 3 rings (SSSR count). The lowest BCUT2D eigenvalue weighted by molar-refractivity contribution is 0.0980. The Morgan fingerprint density at radius 3 is 3.00 bits per heavy atom. The van der Waals surface area contributed by atoms with Crippen LogP contribution in [0.15, 0.2) is 30.5 Å². The Hall–Kier alpha value is -1.32. The Kier molecular flexibility index (Phi) is 3.35. The van der Waals surface area contributed by atoms with Gasteiger partial charge in [0, 0.05) is 30.3 Å². The van der Waals surface area contributed by atoms with Crippen LogP contribution in [0.2, 0.25) is 0 Å². The maximum atomic E-state index is 5.73. The minimum atomic E-state index is 0.381. The van der Waals surface area contributed by atoms with Crippen molar-refractivity contribution in [3.05, 3.63) is 36.0 Å². The summed E-state index contributed by atoms with van der Waals surface area (Å²) in [6, 6.07) is 8.57. The first-order valence-electron chi connectivity index (χ1n) is 6.77. The predicted octanol–water partition coefficient (Wildman–Crippen LogP) is 2.32. The van der Waals surface area contributed by atoms with Crippen molar-refractivity contribution in [3.63, 3.8) is 0 Å². The second-order valence-corrected chi connectivity index (χ2v) is 5.00. The van der Waals surface area contributed by atoms with E-state index >= 15 is 0 Å². The predicted molar refractivity (Wildman–Crippen MR) is 73.7 cm³/mol. The maximum Gasteiger partial charge on any atom is 0.0754 e. The summed E-state index contributed by atoms with van der Waals surface area (Å²) in [6.45, 7) is 2.58. The van der Waals surface area contributed by atoms with E-state index in [4.69, 9.17) is 10.5 Å². The molecular formula is C15H20N2O. The number of nitrogens with zero attached hydrogens (tertiary/aromatic N) is 1. The molecular weight excluding hydrogens is 224 g/mol. The summed E-state index contributed by atoms with van der Waals surface area (Å²) in [4.78, 5) is 0. The van der Waals surface area contributed by atoms with Crippen molar-refractivity contribution in [1.29, 1.82) is 0 Å². The van der Waals surface area contributed by atoms with Crippen molar-refractivity contribution >= 4 is 10.9 Å². The minimum Gasteiger partial charge on any atom is -0.376 e. The summed E-state index contributed by atoms with van der Waals surface area (Å²) in [5, 5.41) is 1.33. The van der Waals surface area contributed by atoms with Crippen molar-refractivity contribution < 1.29 is 4.74 Å². The van der Waals surface area contributed by atoms with E-state index in [1.54, 1.807) is 0 Å². The fraction of sp³-hybridized carbons (Fsp3) is 0.467. The van der Waals surface area contributed by atoms with E-state index in [0.29, 0.717) is 12.6 Å². The van der Waals surface area contributed by atoms with Gasteiger partial charge in [0.2, 0.25) is 0 Å². The number of para-hydroxylation sites is 1. The largest absolute Gasteiger partial charge is 0.376 e. The van der Waals surface area contributed by atoms with Crippen LogP contribution in [0.3, 0.4) is 0 Å². The van der Waals surface area contributed by atoms with Gasteiger partial charge >= 0.3 is 0 Å². The molecule has 1 aromatic heterocycles. The zero-order chi connectivity index (χ0) is 12.4. The van der Waals surface area contributed by atoms with Crippen LogP contribution >= 0.6 is 0 Å². The average molecular weight is 244 g/mol. The van der Waals surface area contributed by atoms with E-state index in [2.05, 4.69) is 35.0 Å². The summed E-state index contributed by atoms with van der Waals surface area (Å²) in [6.07, 6.45) is 5.95. The molecule has 3 nitrogen and oxygen atoms in total. The van der Waals surface area contributed by atoms with Crippen LogP contribution in [0.1, 0.15) is 18.4 Å². The number of aromatic nitrogens is 1. The Morgan fingerprint density at radius 2 is 2.22 bits per heavy atom. The van der Waals surface area contributed by atoms with Gasteiger partial charge in [0.25, 0.3) is 0 Å². The Balaban J connectivity index is 1.94. The van der Waals surface area contributed by atoms with Crippen LogP contribution in [0.5, 0.6) is 0 Å². The molecule has 0 aliphatic carbocycles. The van der Waals surface area contributed by atoms with Crippen molar-refractivity contribution in [2.75, 3.05) is 13.2 Å².